The Morgan fingerprint density at radius 2 is 2.15 bits per heavy atom. The van der Waals surface area contributed by atoms with Gasteiger partial charge < -0.3 is 14.7 Å². The summed E-state index contributed by atoms with van der Waals surface area (Å²) in [5, 5.41) is 11.5. The molecule has 1 aromatic carbocycles. The minimum absolute atomic E-state index is 0.313. The van der Waals surface area contributed by atoms with Crippen molar-refractivity contribution in [2.24, 2.45) is 17.8 Å². The monoisotopic (exact) mass is 275 g/mol. The van der Waals surface area contributed by atoms with Crippen molar-refractivity contribution in [1.29, 1.82) is 0 Å². The number of benzene rings is 1. The smallest absolute Gasteiger partial charge is 0.119 e. The second kappa shape index (κ2) is 5.05. The van der Waals surface area contributed by atoms with Gasteiger partial charge in [0.15, 0.2) is 0 Å². The molecule has 0 spiro atoms. The highest BCUT2D eigenvalue weighted by Gasteiger charge is 2.59. The molecule has 0 aliphatic heterocycles. The van der Waals surface area contributed by atoms with Crippen LogP contribution in [0.3, 0.4) is 0 Å². The molecule has 4 unspecified atom stereocenters. The van der Waals surface area contributed by atoms with Crippen LogP contribution in [0, 0.1) is 17.8 Å². The molecular formula is C17H25NO2. The minimum atomic E-state index is -0.679. The first-order valence-electron chi connectivity index (χ1n) is 7.57. The quantitative estimate of drug-likeness (QED) is 0.916. The zero-order valence-corrected chi connectivity index (χ0v) is 12.7. The highest BCUT2D eigenvalue weighted by atomic mass is 16.5. The van der Waals surface area contributed by atoms with Gasteiger partial charge in [0.25, 0.3) is 0 Å². The Morgan fingerprint density at radius 3 is 2.85 bits per heavy atom. The zero-order valence-electron chi connectivity index (χ0n) is 12.7. The van der Waals surface area contributed by atoms with Crippen molar-refractivity contribution < 1.29 is 9.84 Å². The van der Waals surface area contributed by atoms with Gasteiger partial charge in [0.2, 0.25) is 0 Å². The van der Waals surface area contributed by atoms with Crippen molar-refractivity contribution >= 4 is 0 Å². The van der Waals surface area contributed by atoms with Crippen LogP contribution in [0.4, 0.5) is 0 Å². The Morgan fingerprint density at radius 1 is 1.35 bits per heavy atom. The van der Waals surface area contributed by atoms with Crippen molar-refractivity contribution in [2.75, 3.05) is 27.7 Å². The summed E-state index contributed by atoms with van der Waals surface area (Å²) in [6, 6.07) is 8.01. The Bertz CT molecular complexity index is 488. The van der Waals surface area contributed by atoms with E-state index in [1.807, 2.05) is 18.2 Å². The maximum absolute atomic E-state index is 11.5. The van der Waals surface area contributed by atoms with E-state index in [2.05, 4.69) is 25.1 Å². The summed E-state index contributed by atoms with van der Waals surface area (Å²) < 4.78 is 5.33. The summed E-state index contributed by atoms with van der Waals surface area (Å²) in [6.07, 6.45) is 3.57. The third-order valence-electron chi connectivity index (χ3n) is 5.11. The standard InChI is InChI=1S/C17H25NO2/c1-18(2)11-14-8-7-12-9-16(12)17(14,19)13-5-4-6-15(10-13)20-3/h4-6,10,12,14,16,19H,7-9,11H2,1-3H3. The number of hydrogen-bond acceptors (Lipinski definition) is 3. The molecule has 0 radical (unpaired) electrons. The van der Waals surface area contributed by atoms with Crippen molar-refractivity contribution in [3.8, 4) is 5.75 Å². The predicted octanol–water partition coefficient (Wildman–Crippen LogP) is 2.49. The van der Waals surface area contributed by atoms with E-state index in [0.29, 0.717) is 11.8 Å². The molecule has 2 aliphatic carbocycles. The van der Waals surface area contributed by atoms with E-state index >= 15 is 0 Å². The van der Waals surface area contributed by atoms with Crippen LogP contribution in [0.25, 0.3) is 0 Å². The fraction of sp³-hybridized carbons (Fsp3) is 0.647. The molecule has 20 heavy (non-hydrogen) atoms. The van der Waals surface area contributed by atoms with Crippen LogP contribution >= 0.6 is 0 Å². The van der Waals surface area contributed by atoms with E-state index < -0.39 is 5.60 Å². The van der Waals surface area contributed by atoms with Crippen molar-refractivity contribution in [2.45, 2.75) is 24.9 Å². The third kappa shape index (κ3) is 2.23. The first-order valence-corrected chi connectivity index (χ1v) is 7.57. The fourth-order valence-electron chi connectivity index (χ4n) is 4.04. The Balaban J connectivity index is 1.96. The lowest BCUT2D eigenvalue weighted by atomic mass is 9.71. The Labute approximate surface area is 121 Å². The number of nitrogens with zero attached hydrogens (tertiary/aromatic N) is 1. The molecule has 3 nitrogen and oxygen atoms in total. The molecule has 0 aromatic heterocycles. The molecular weight excluding hydrogens is 250 g/mol. The highest BCUT2D eigenvalue weighted by Crippen LogP contribution is 2.61. The van der Waals surface area contributed by atoms with Crippen LogP contribution in [0.1, 0.15) is 24.8 Å². The number of aliphatic hydroxyl groups is 1. The maximum Gasteiger partial charge on any atom is 0.119 e. The van der Waals surface area contributed by atoms with Gasteiger partial charge in [-0.2, -0.15) is 0 Å². The van der Waals surface area contributed by atoms with Gasteiger partial charge in [0, 0.05) is 12.5 Å². The molecule has 3 rings (SSSR count). The van der Waals surface area contributed by atoms with Gasteiger partial charge >= 0.3 is 0 Å². The lowest BCUT2D eigenvalue weighted by Gasteiger charge is -2.42. The van der Waals surface area contributed by atoms with Gasteiger partial charge in [-0.05, 0) is 62.9 Å². The van der Waals surface area contributed by atoms with E-state index in [-0.39, 0.29) is 0 Å². The van der Waals surface area contributed by atoms with Gasteiger partial charge in [0.1, 0.15) is 5.75 Å². The Hall–Kier alpha value is -1.06. The minimum Gasteiger partial charge on any atom is -0.497 e. The predicted molar refractivity (Wildman–Crippen MR) is 79.8 cm³/mol. The van der Waals surface area contributed by atoms with Crippen LogP contribution in [0.2, 0.25) is 0 Å². The van der Waals surface area contributed by atoms with E-state index in [0.717, 1.165) is 30.2 Å². The molecule has 0 heterocycles. The zero-order chi connectivity index (χ0) is 14.3. The number of methoxy groups -OCH3 is 1. The maximum atomic E-state index is 11.5. The molecule has 2 fully saturated rings. The average Bonchev–Trinajstić information content (AvgIpc) is 3.22. The Kier molecular flexibility index (Phi) is 3.51. The summed E-state index contributed by atoms with van der Waals surface area (Å²) in [6.45, 7) is 0.941. The van der Waals surface area contributed by atoms with Gasteiger partial charge in [-0.3, -0.25) is 0 Å². The van der Waals surface area contributed by atoms with E-state index in [1.54, 1.807) is 7.11 Å². The molecule has 2 aliphatic rings. The molecule has 2 saturated carbocycles. The first kappa shape index (κ1) is 13.9. The summed E-state index contributed by atoms with van der Waals surface area (Å²) in [5.41, 5.74) is 0.359. The van der Waals surface area contributed by atoms with Gasteiger partial charge in [-0.25, -0.2) is 0 Å². The molecule has 1 N–H and O–H groups in total. The average molecular weight is 275 g/mol. The summed E-state index contributed by atoms with van der Waals surface area (Å²) in [5.74, 6) is 2.31. The van der Waals surface area contributed by atoms with Gasteiger partial charge in [-0.15, -0.1) is 0 Å². The normalized spacial score (nSPS) is 35.8. The van der Waals surface area contributed by atoms with E-state index in [1.165, 1.54) is 12.8 Å². The van der Waals surface area contributed by atoms with Crippen molar-refractivity contribution in [3.05, 3.63) is 29.8 Å². The highest BCUT2D eigenvalue weighted by molar-refractivity contribution is 5.35. The van der Waals surface area contributed by atoms with Crippen LogP contribution < -0.4 is 4.74 Å². The lowest BCUT2D eigenvalue weighted by molar-refractivity contribution is -0.0751. The summed E-state index contributed by atoms with van der Waals surface area (Å²) in [4.78, 5) is 2.19. The lowest BCUT2D eigenvalue weighted by Crippen LogP contribution is -2.45. The molecule has 4 atom stereocenters. The second-order valence-corrected chi connectivity index (χ2v) is 6.70. The van der Waals surface area contributed by atoms with Gasteiger partial charge in [-0.1, -0.05) is 12.1 Å². The SMILES string of the molecule is COc1cccc(C2(O)C(CN(C)C)CCC3CC32)c1. The number of hydrogen-bond donors (Lipinski definition) is 1. The molecule has 110 valence electrons. The molecule has 3 heteroatoms. The molecule has 0 saturated heterocycles. The number of fused-ring (bicyclic) bond motifs is 1. The molecule has 1 aromatic rings. The van der Waals surface area contributed by atoms with Crippen LogP contribution in [0.5, 0.6) is 5.75 Å². The van der Waals surface area contributed by atoms with Gasteiger partial charge in [0.05, 0.1) is 12.7 Å². The second-order valence-electron chi connectivity index (χ2n) is 6.70. The molecule has 0 amide bonds. The van der Waals surface area contributed by atoms with Crippen LogP contribution in [-0.2, 0) is 5.60 Å². The number of ether oxygens (including phenoxy) is 1. The summed E-state index contributed by atoms with van der Waals surface area (Å²) >= 11 is 0. The van der Waals surface area contributed by atoms with Crippen LogP contribution in [0.15, 0.2) is 24.3 Å². The van der Waals surface area contributed by atoms with E-state index in [9.17, 15) is 5.11 Å². The molecule has 0 bridgehead atoms. The third-order valence-corrected chi connectivity index (χ3v) is 5.11. The topological polar surface area (TPSA) is 32.7 Å². The van der Waals surface area contributed by atoms with Crippen molar-refractivity contribution in [1.82, 2.24) is 4.90 Å². The van der Waals surface area contributed by atoms with Crippen LogP contribution in [-0.4, -0.2) is 37.8 Å². The first-order chi connectivity index (χ1) is 9.55. The summed E-state index contributed by atoms with van der Waals surface area (Å²) in [7, 11) is 5.86. The van der Waals surface area contributed by atoms with Crippen molar-refractivity contribution in [3.63, 3.8) is 0 Å². The van der Waals surface area contributed by atoms with E-state index in [4.69, 9.17) is 4.74 Å². The number of rotatable bonds is 4. The largest absolute Gasteiger partial charge is 0.497 e. The fourth-order valence-corrected chi connectivity index (χ4v) is 4.04.